The van der Waals surface area contributed by atoms with Crippen molar-refractivity contribution in [2.75, 3.05) is 14.2 Å². The normalized spacial score (nSPS) is 41.6. The lowest BCUT2D eigenvalue weighted by Gasteiger charge is -2.26. The highest BCUT2D eigenvalue weighted by Crippen LogP contribution is 2.32. The predicted octanol–water partition coefficient (Wildman–Crippen LogP) is 1.16. The van der Waals surface area contributed by atoms with Gasteiger partial charge in [0.15, 0.2) is 0 Å². The maximum Gasteiger partial charge on any atom is 0.268 e. The smallest absolute Gasteiger partial charge is 0.268 e. The van der Waals surface area contributed by atoms with Gasteiger partial charge in [0, 0.05) is 21.1 Å². The van der Waals surface area contributed by atoms with Crippen LogP contribution in [0.2, 0.25) is 0 Å². The average molecular weight is 173 g/mol. The van der Waals surface area contributed by atoms with Gasteiger partial charge in [-0.1, -0.05) is 0 Å². The second-order valence-electron chi connectivity index (χ2n) is 3.05. The quantitative estimate of drug-likeness (QED) is 0.629. The molecule has 0 aliphatic carbocycles. The lowest BCUT2D eigenvalue weighted by atomic mass is 10.2. The zero-order valence-electron chi connectivity index (χ0n) is 8.17. The maximum atomic E-state index is 5.50. The maximum absolute atomic E-state index is 5.50. The molecule has 2 atom stereocenters. The first-order valence-electron chi connectivity index (χ1n) is 3.83. The third-order valence-electron chi connectivity index (χ3n) is 2.18. The second-order valence-corrected chi connectivity index (χ2v) is 3.05. The van der Waals surface area contributed by atoms with Crippen LogP contribution in [0.25, 0.3) is 0 Å². The Labute approximate surface area is 72.5 Å². The summed E-state index contributed by atoms with van der Waals surface area (Å²) in [6.45, 7) is 5.42. The van der Waals surface area contributed by atoms with Crippen LogP contribution in [0.15, 0.2) is 4.99 Å². The van der Waals surface area contributed by atoms with Crippen LogP contribution in [0, 0.1) is 0 Å². The molecule has 0 fully saturated rings. The fourth-order valence-electron chi connectivity index (χ4n) is 1.14. The summed E-state index contributed by atoms with van der Waals surface area (Å²) in [6.07, 6.45) is 0. The molecule has 0 aromatic rings. The van der Waals surface area contributed by atoms with E-state index in [9.17, 15) is 0 Å². The standard InChI is InChI=1S/C8H15NO3/c1-6-7(2,10-4)12-8(3,9-6)11-5/h1-5H3/t7-,8+/m1/s1. The highest BCUT2D eigenvalue weighted by Gasteiger charge is 2.45. The summed E-state index contributed by atoms with van der Waals surface area (Å²) >= 11 is 0. The van der Waals surface area contributed by atoms with E-state index >= 15 is 0 Å². The number of methoxy groups -OCH3 is 2. The molecule has 0 unspecified atom stereocenters. The zero-order valence-corrected chi connectivity index (χ0v) is 8.17. The van der Waals surface area contributed by atoms with Gasteiger partial charge in [0.1, 0.15) is 0 Å². The summed E-state index contributed by atoms with van der Waals surface area (Å²) in [4.78, 5) is 4.21. The molecule has 70 valence electrons. The molecule has 0 saturated carbocycles. The van der Waals surface area contributed by atoms with E-state index < -0.39 is 11.7 Å². The summed E-state index contributed by atoms with van der Waals surface area (Å²) < 4.78 is 15.8. The van der Waals surface area contributed by atoms with Gasteiger partial charge in [-0.15, -0.1) is 0 Å². The molecule has 0 spiro atoms. The van der Waals surface area contributed by atoms with E-state index in [1.54, 1.807) is 21.1 Å². The van der Waals surface area contributed by atoms with Crippen molar-refractivity contribution in [2.24, 2.45) is 4.99 Å². The predicted molar refractivity (Wildman–Crippen MR) is 45.0 cm³/mol. The Balaban J connectivity index is 2.87. The van der Waals surface area contributed by atoms with Crippen molar-refractivity contribution >= 4 is 5.71 Å². The number of hydrogen-bond acceptors (Lipinski definition) is 4. The van der Waals surface area contributed by atoms with E-state index in [1.807, 2.05) is 13.8 Å². The van der Waals surface area contributed by atoms with Gasteiger partial charge in [-0.05, 0) is 13.8 Å². The Morgan fingerprint density at radius 2 is 1.83 bits per heavy atom. The number of hydrogen-bond donors (Lipinski definition) is 0. The Morgan fingerprint density at radius 1 is 1.25 bits per heavy atom. The van der Waals surface area contributed by atoms with Crippen molar-refractivity contribution in [3.05, 3.63) is 0 Å². The molecule has 1 heterocycles. The first kappa shape index (κ1) is 9.64. The minimum absolute atomic E-state index is 0.745. The average Bonchev–Trinajstić information content (AvgIpc) is 2.25. The largest absolute Gasteiger partial charge is 0.348 e. The second kappa shape index (κ2) is 2.80. The Kier molecular flexibility index (Phi) is 2.25. The fourth-order valence-corrected chi connectivity index (χ4v) is 1.14. The summed E-state index contributed by atoms with van der Waals surface area (Å²) in [5, 5.41) is 0. The van der Waals surface area contributed by atoms with Gasteiger partial charge in [-0.25, -0.2) is 4.99 Å². The zero-order chi connectivity index (χ0) is 9.41. The molecule has 1 rings (SSSR count). The van der Waals surface area contributed by atoms with Gasteiger partial charge < -0.3 is 9.47 Å². The molecule has 4 heteroatoms. The Bertz CT molecular complexity index is 216. The third kappa shape index (κ3) is 1.37. The molecule has 1 aliphatic heterocycles. The Morgan fingerprint density at radius 3 is 2.08 bits per heavy atom. The summed E-state index contributed by atoms with van der Waals surface area (Å²) in [7, 11) is 3.14. The molecule has 0 N–H and O–H groups in total. The van der Waals surface area contributed by atoms with Crippen molar-refractivity contribution < 1.29 is 14.2 Å². The molecule has 0 radical (unpaired) electrons. The van der Waals surface area contributed by atoms with Crippen LogP contribution >= 0.6 is 0 Å². The van der Waals surface area contributed by atoms with Gasteiger partial charge in [0.05, 0.1) is 5.71 Å². The van der Waals surface area contributed by atoms with E-state index in [0.717, 1.165) is 5.71 Å². The first-order valence-corrected chi connectivity index (χ1v) is 3.83. The molecule has 1 aliphatic rings. The van der Waals surface area contributed by atoms with Crippen LogP contribution in [0.5, 0.6) is 0 Å². The molecule has 0 amide bonds. The van der Waals surface area contributed by atoms with E-state index in [-0.39, 0.29) is 0 Å². The molecular formula is C8H15NO3. The van der Waals surface area contributed by atoms with Crippen molar-refractivity contribution in [3.63, 3.8) is 0 Å². The lowest BCUT2D eigenvalue weighted by Crippen LogP contribution is -2.39. The summed E-state index contributed by atoms with van der Waals surface area (Å²) in [6, 6.07) is 0. The monoisotopic (exact) mass is 173 g/mol. The molecule has 0 bridgehead atoms. The minimum Gasteiger partial charge on any atom is -0.348 e. The van der Waals surface area contributed by atoms with E-state index in [1.165, 1.54) is 0 Å². The molecule has 12 heavy (non-hydrogen) atoms. The van der Waals surface area contributed by atoms with Gasteiger partial charge in [-0.3, -0.25) is 4.74 Å². The van der Waals surface area contributed by atoms with E-state index in [2.05, 4.69) is 4.99 Å². The number of rotatable bonds is 2. The fraction of sp³-hybridized carbons (Fsp3) is 0.875. The molecule has 4 nitrogen and oxygen atoms in total. The molecule has 0 saturated heterocycles. The van der Waals surface area contributed by atoms with Crippen LogP contribution < -0.4 is 0 Å². The van der Waals surface area contributed by atoms with Crippen molar-refractivity contribution in [3.8, 4) is 0 Å². The Hall–Kier alpha value is -0.450. The third-order valence-corrected chi connectivity index (χ3v) is 2.18. The SMILES string of the molecule is CO[C@]1(C)N=C(C)[C@](C)(OC)O1. The van der Waals surface area contributed by atoms with Gasteiger partial charge in [-0.2, -0.15) is 0 Å². The molecule has 0 aromatic carbocycles. The van der Waals surface area contributed by atoms with Gasteiger partial charge in [0.25, 0.3) is 5.91 Å². The molecular weight excluding hydrogens is 158 g/mol. The topological polar surface area (TPSA) is 40.0 Å². The van der Waals surface area contributed by atoms with Crippen molar-refractivity contribution in [1.82, 2.24) is 0 Å². The highest BCUT2D eigenvalue weighted by molar-refractivity contribution is 5.90. The van der Waals surface area contributed by atoms with Gasteiger partial charge >= 0.3 is 0 Å². The highest BCUT2D eigenvalue weighted by atomic mass is 16.8. The summed E-state index contributed by atoms with van der Waals surface area (Å²) in [5.41, 5.74) is 0.786. The van der Waals surface area contributed by atoms with Crippen LogP contribution in [0.3, 0.4) is 0 Å². The van der Waals surface area contributed by atoms with Gasteiger partial charge in [0.2, 0.25) is 5.79 Å². The number of ether oxygens (including phenoxy) is 3. The van der Waals surface area contributed by atoms with Crippen molar-refractivity contribution in [2.45, 2.75) is 32.5 Å². The number of nitrogens with zero attached hydrogens (tertiary/aromatic N) is 1. The lowest BCUT2D eigenvalue weighted by molar-refractivity contribution is -0.287. The van der Waals surface area contributed by atoms with E-state index in [0.29, 0.717) is 0 Å². The van der Waals surface area contributed by atoms with Crippen molar-refractivity contribution in [1.29, 1.82) is 0 Å². The van der Waals surface area contributed by atoms with Crippen LogP contribution in [0.4, 0.5) is 0 Å². The van der Waals surface area contributed by atoms with Crippen LogP contribution in [-0.2, 0) is 14.2 Å². The number of aliphatic imine (C=N–C) groups is 1. The van der Waals surface area contributed by atoms with Crippen LogP contribution in [-0.4, -0.2) is 31.6 Å². The first-order chi connectivity index (χ1) is 5.46. The summed E-state index contributed by atoms with van der Waals surface area (Å²) in [5.74, 6) is -1.64. The van der Waals surface area contributed by atoms with E-state index in [4.69, 9.17) is 14.2 Å². The van der Waals surface area contributed by atoms with Crippen LogP contribution in [0.1, 0.15) is 20.8 Å². The molecule has 0 aromatic heterocycles. The minimum atomic E-state index is -0.894.